The Morgan fingerprint density at radius 1 is 1.44 bits per heavy atom. The summed E-state index contributed by atoms with van der Waals surface area (Å²) in [6, 6.07) is -2.54. The molecular weight excluding hydrogens is 137 g/mol. The average Bonchev–Trinajstić information content (AvgIpc) is 1.62. The molecule has 0 radical (unpaired) electrons. The molecule has 0 saturated heterocycles. The van der Waals surface area contributed by atoms with Gasteiger partial charge in [-0.05, 0) is 0 Å². The van der Waals surface area contributed by atoms with E-state index >= 15 is 0 Å². The predicted molar refractivity (Wildman–Crippen MR) is 23.2 cm³/mol. The summed E-state index contributed by atoms with van der Waals surface area (Å²) in [6.07, 6.45) is -4.72. The van der Waals surface area contributed by atoms with Crippen molar-refractivity contribution in [2.45, 2.75) is 12.2 Å². The molecule has 0 aliphatic heterocycles. The fraction of sp³-hybridized carbons (Fsp3) is 0.667. The molecule has 4 N–H and O–H groups in total. The summed E-state index contributed by atoms with van der Waals surface area (Å²) in [7, 11) is 0. The van der Waals surface area contributed by atoms with Gasteiger partial charge >= 0.3 is 6.18 Å². The van der Waals surface area contributed by atoms with Crippen molar-refractivity contribution in [2.24, 2.45) is 11.5 Å². The second-order valence-electron chi connectivity index (χ2n) is 1.42. The lowest BCUT2D eigenvalue weighted by Gasteiger charge is -2.10. The summed E-state index contributed by atoms with van der Waals surface area (Å²) < 4.78 is 33.8. The van der Waals surface area contributed by atoms with Crippen molar-refractivity contribution in [1.82, 2.24) is 0 Å². The first kappa shape index (κ1) is 8.22. The Bertz CT molecular complexity index is 121. The van der Waals surface area contributed by atoms with Gasteiger partial charge in [-0.25, -0.2) is 0 Å². The number of hydrogen-bond donors (Lipinski definition) is 2. The summed E-state index contributed by atoms with van der Waals surface area (Å²) >= 11 is 0. The SMILES string of the molecule is NC(=O)C(N)C(F)(F)F. The Kier molecular flexibility index (Phi) is 2.03. The van der Waals surface area contributed by atoms with E-state index < -0.39 is 18.1 Å². The number of carbonyl (C=O) groups is 1. The lowest BCUT2D eigenvalue weighted by molar-refractivity contribution is -0.160. The normalized spacial score (nSPS) is 15.1. The summed E-state index contributed by atoms with van der Waals surface area (Å²) in [6.45, 7) is 0. The van der Waals surface area contributed by atoms with Crippen molar-refractivity contribution in [2.75, 3.05) is 0 Å². The lowest BCUT2D eigenvalue weighted by atomic mass is 10.3. The highest BCUT2D eigenvalue weighted by Gasteiger charge is 2.40. The Balaban J connectivity index is 4.04. The van der Waals surface area contributed by atoms with Crippen LogP contribution in [0.4, 0.5) is 13.2 Å². The molecule has 0 aliphatic rings. The number of amides is 1. The maximum atomic E-state index is 11.3. The minimum absolute atomic E-state index is 1.57. The fourth-order valence-corrected chi connectivity index (χ4v) is 0.161. The van der Waals surface area contributed by atoms with E-state index in [9.17, 15) is 18.0 Å². The molecule has 0 aromatic carbocycles. The first-order chi connectivity index (χ1) is 3.85. The quantitative estimate of drug-likeness (QED) is 0.511. The molecule has 1 atom stereocenters. The summed E-state index contributed by atoms with van der Waals surface area (Å²) in [5.74, 6) is -1.57. The third-order valence-corrected chi connectivity index (χ3v) is 0.659. The topological polar surface area (TPSA) is 69.1 Å². The van der Waals surface area contributed by atoms with E-state index in [-0.39, 0.29) is 0 Å². The van der Waals surface area contributed by atoms with Crippen LogP contribution in [0.15, 0.2) is 0 Å². The molecule has 9 heavy (non-hydrogen) atoms. The van der Waals surface area contributed by atoms with Gasteiger partial charge in [0.25, 0.3) is 0 Å². The van der Waals surface area contributed by atoms with Crippen LogP contribution in [0, 0.1) is 0 Å². The van der Waals surface area contributed by atoms with Crippen molar-refractivity contribution in [3.05, 3.63) is 0 Å². The van der Waals surface area contributed by atoms with Gasteiger partial charge in [0.05, 0.1) is 0 Å². The van der Waals surface area contributed by atoms with Crippen LogP contribution in [0.2, 0.25) is 0 Å². The van der Waals surface area contributed by atoms with Gasteiger partial charge < -0.3 is 11.5 Å². The third kappa shape index (κ3) is 2.31. The van der Waals surface area contributed by atoms with E-state index in [1.807, 2.05) is 0 Å². The van der Waals surface area contributed by atoms with Crippen LogP contribution in [0.3, 0.4) is 0 Å². The first-order valence-corrected chi connectivity index (χ1v) is 1.97. The number of rotatable bonds is 1. The smallest absolute Gasteiger partial charge is 0.368 e. The van der Waals surface area contributed by atoms with Gasteiger partial charge in [0.2, 0.25) is 5.91 Å². The second kappa shape index (κ2) is 2.22. The van der Waals surface area contributed by atoms with Crippen LogP contribution in [0.5, 0.6) is 0 Å². The van der Waals surface area contributed by atoms with E-state index in [1.54, 1.807) is 0 Å². The molecule has 0 aliphatic carbocycles. The fourth-order valence-electron chi connectivity index (χ4n) is 0.161. The number of nitrogens with two attached hydrogens (primary N) is 2. The molecule has 0 fully saturated rings. The van der Waals surface area contributed by atoms with Gasteiger partial charge in [0.15, 0.2) is 6.04 Å². The number of carbonyl (C=O) groups excluding carboxylic acids is 1. The van der Waals surface area contributed by atoms with E-state index in [4.69, 9.17) is 0 Å². The van der Waals surface area contributed by atoms with Crippen molar-refractivity contribution >= 4 is 5.91 Å². The molecule has 0 spiro atoms. The van der Waals surface area contributed by atoms with Crippen LogP contribution in [-0.4, -0.2) is 18.1 Å². The average molecular weight is 142 g/mol. The summed E-state index contributed by atoms with van der Waals surface area (Å²) in [5.41, 5.74) is 8.53. The summed E-state index contributed by atoms with van der Waals surface area (Å²) in [5, 5.41) is 0. The number of primary amides is 1. The molecule has 54 valence electrons. The van der Waals surface area contributed by atoms with Crippen LogP contribution in [0.1, 0.15) is 0 Å². The Morgan fingerprint density at radius 2 is 1.78 bits per heavy atom. The molecule has 0 aromatic rings. The highest BCUT2D eigenvalue weighted by atomic mass is 19.4. The van der Waals surface area contributed by atoms with Crippen molar-refractivity contribution < 1.29 is 18.0 Å². The zero-order valence-electron chi connectivity index (χ0n) is 4.27. The van der Waals surface area contributed by atoms with Gasteiger partial charge in [-0.2, -0.15) is 13.2 Å². The third-order valence-electron chi connectivity index (χ3n) is 0.659. The van der Waals surface area contributed by atoms with Crippen LogP contribution >= 0.6 is 0 Å². The highest BCUT2D eigenvalue weighted by molar-refractivity contribution is 5.80. The molecule has 6 heteroatoms. The van der Waals surface area contributed by atoms with Crippen LogP contribution < -0.4 is 11.5 Å². The second-order valence-corrected chi connectivity index (χ2v) is 1.42. The largest absolute Gasteiger partial charge is 0.412 e. The van der Waals surface area contributed by atoms with Gasteiger partial charge in [-0.1, -0.05) is 0 Å². The predicted octanol–water partition coefficient (Wildman–Crippen LogP) is -0.639. The maximum Gasteiger partial charge on any atom is 0.412 e. The van der Waals surface area contributed by atoms with E-state index in [1.165, 1.54) is 0 Å². The highest BCUT2D eigenvalue weighted by Crippen LogP contribution is 2.17. The Labute approximate surface area is 48.8 Å². The maximum absolute atomic E-state index is 11.3. The molecule has 1 amide bonds. The van der Waals surface area contributed by atoms with Crippen LogP contribution in [0.25, 0.3) is 0 Å². The number of hydrogen-bond acceptors (Lipinski definition) is 2. The van der Waals surface area contributed by atoms with Crippen LogP contribution in [-0.2, 0) is 4.79 Å². The molecular formula is C3H5F3N2O. The van der Waals surface area contributed by atoms with E-state index in [0.717, 1.165) is 0 Å². The first-order valence-electron chi connectivity index (χ1n) is 1.97. The zero-order valence-corrected chi connectivity index (χ0v) is 4.27. The molecule has 0 bridgehead atoms. The Hall–Kier alpha value is -0.780. The molecule has 0 heterocycles. The minimum Gasteiger partial charge on any atom is -0.368 e. The Morgan fingerprint density at radius 3 is 1.78 bits per heavy atom. The lowest BCUT2D eigenvalue weighted by Crippen LogP contribution is -2.47. The van der Waals surface area contributed by atoms with E-state index in [0.29, 0.717) is 0 Å². The van der Waals surface area contributed by atoms with Gasteiger partial charge in [-0.3, -0.25) is 4.79 Å². The zero-order chi connectivity index (χ0) is 7.65. The molecule has 1 unspecified atom stereocenters. The monoisotopic (exact) mass is 142 g/mol. The molecule has 3 nitrogen and oxygen atoms in total. The van der Waals surface area contributed by atoms with Crippen molar-refractivity contribution in [1.29, 1.82) is 0 Å². The minimum atomic E-state index is -4.72. The van der Waals surface area contributed by atoms with Gasteiger partial charge in [-0.15, -0.1) is 0 Å². The molecule has 0 rings (SSSR count). The van der Waals surface area contributed by atoms with Gasteiger partial charge in [0, 0.05) is 0 Å². The standard InChI is InChI=1S/C3H5F3N2O/c4-3(5,6)1(7)2(8)9/h1H,7H2,(H2,8,9). The summed E-state index contributed by atoms with van der Waals surface area (Å²) in [4.78, 5) is 9.72. The molecule has 0 saturated carbocycles. The van der Waals surface area contributed by atoms with Crippen molar-refractivity contribution in [3.63, 3.8) is 0 Å². The van der Waals surface area contributed by atoms with E-state index in [2.05, 4.69) is 11.5 Å². The number of halogens is 3. The number of alkyl halides is 3. The van der Waals surface area contributed by atoms with Gasteiger partial charge in [0.1, 0.15) is 0 Å². The van der Waals surface area contributed by atoms with Crippen molar-refractivity contribution in [3.8, 4) is 0 Å². The molecule has 0 aromatic heterocycles.